The van der Waals surface area contributed by atoms with Crippen molar-refractivity contribution >= 4 is 34.0 Å². The molecule has 2 aromatic carbocycles. The van der Waals surface area contributed by atoms with Gasteiger partial charge in [0.15, 0.2) is 5.78 Å². The first-order valence-electron chi connectivity index (χ1n) is 12.8. The molecule has 1 saturated heterocycles. The van der Waals surface area contributed by atoms with Crippen molar-refractivity contribution in [3.05, 3.63) is 52.7 Å². The van der Waals surface area contributed by atoms with Gasteiger partial charge in [0.25, 0.3) is 0 Å². The maximum atomic E-state index is 13.4. The van der Waals surface area contributed by atoms with E-state index < -0.39 is 0 Å². The molecular weight excluding hydrogens is 474 g/mol. The molecule has 2 heterocycles. The summed E-state index contributed by atoms with van der Waals surface area (Å²) in [5.41, 5.74) is 4.63. The Morgan fingerprint density at radius 2 is 1.86 bits per heavy atom. The van der Waals surface area contributed by atoms with Gasteiger partial charge in [-0.1, -0.05) is 17.7 Å². The van der Waals surface area contributed by atoms with Crippen LogP contribution in [0.25, 0.3) is 22.0 Å². The average molecular weight is 508 g/mol. The third kappa shape index (κ3) is 4.70. The molecule has 1 saturated carbocycles. The van der Waals surface area contributed by atoms with Crippen LogP contribution in [-0.2, 0) is 6.61 Å². The van der Waals surface area contributed by atoms with Crippen molar-refractivity contribution in [3.63, 3.8) is 0 Å². The van der Waals surface area contributed by atoms with E-state index in [-0.39, 0.29) is 29.1 Å². The van der Waals surface area contributed by atoms with Crippen LogP contribution in [0.1, 0.15) is 48.5 Å². The first-order chi connectivity index (χ1) is 17.3. The summed E-state index contributed by atoms with van der Waals surface area (Å²) in [6, 6.07) is 9.98. The van der Waals surface area contributed by atoms with Gasteiger partial charge in [-0.15, -0.1) is 0 Å². The van der Waals surface area contributed by atoms with Gasteiger partial charge in [0.2, 0.25) is 0 Å². The highest BCUT2D eigenvalue weighted by atomic mass is 35.5. The molecule has 36 heavy (non-hydrogen) atoms. The second-order valence-electron chi connectivity index (χ2n) is 10.5. The van der Waals surface area contributed by atoms with E-state index >= 15 is 0 Å². The monoisotopic (exact) mass is 507 g/mol. The van der Waals surface area contributed by atoms with Crippen LogP contribution in [0.4, 0.5) is 5.69 Å². The molecule has 2 aliphatic rings. The van der Waals surface area contributed by atoms with E-state index in [1.165, 1.54) is 0 Å². The zero-order valence-corrected chi connectivity index (χ0v) is 21.9. The fourth-order valence-electron chi connectivity index (χ4n) is 5.41. The number of aromatic nitrogens is 1. The van der Waals surface area contributed by atoms with E-state index in [0.29, 0.717) is 17.5 Å². The lowest BCUT2D eigenvalue weighted by Crippen LogP contribution is -2.42. The predicted octanol–water partition coefficient (Wildman–Crippen LogP) is 5.51. The van der Waals surface area contributed by atoms with Crippen LogP contribution in [0.5, 0.6) is 5.75 Å². The summed E-state index contributed by atoms with van der Waals surface area (Å²) in [5.74, 6) is 0.834. The smallest absolute Gasteiger partial charge is 0.169 e. The molecule has 2 N–H and O–H groups in total. The molecule has 1 unspecified atom stereocenters. The standard InChI is InChI=1S/C29H34ClN3O3/c1-17(32(2)3)18-8-10-33(11-9-18)27-23-13-20(21-12-22(16-34)29(36)25(30)14-21)6-7-26(23)31-15-24(27)28(35)19-4-5-19/h6-7,12-15,17-19,34,36H,4-5,8-11,16H2,1-3H3. The lowest BCUT2D eigenvalue weighted by atomic mass is 9.88. The molecule has 0 radical (unpaired) electrons. The molecule has 3 aromatic rings. The van der Waals surface area contributed by atoms with Crippen LogP contribution >= 0.6 is 11.6 Å². The molecule has 0 bridgehead atoms. The minimum absolute atomic E-state index is 0.0989. The average Bonchev–Trinajstić information content (AvgIpc) is 3.74. The van der Waals surface area contributed by atoms with Crippen molar-refractivity contribution in [3.8, 4) is 16.9 Å². The second kappa shape index (κ2) is 10.0. The second-order valence-corrected chi connectivity index (χ2v) is 11.0. The summed E-state index contributed by atoms with van der Waals surface area (Å²) in [4.78, 5) is 22.7. The highest BCUT2D eigenvalue weighted by Crippen LogP contribution is 2.41. The number of ketones is 1. The van der Waals surface area contributed by atoms with Crippen LogP contribution in [0.2, 0.25) is 5.02 Å². The van der Waals surface area contributed by atoms with Gasteiger partial charge in [-0.3, -0.25) is 9.78 Å². The fourth-order valence-corrected chi connectivity index (χ4v) is 5.65. The number of carbonyl (C=O) groups is 1. The van der Waals surface area contributed by atoms with E-state index in [1.807, 2.05) is 12.1 Å². The molecule has 1 aromatic heterocycles. The first-order valence-corrected chi connectivity index (χ1v) is 13.2. The number of piperidine rings is 1. The molecule has 0 amide bonds. The number of hydrogen-bond donors (Lipinski definition) is 2. The van der Waals surface area contributed by atoms with Crippen LogP contribution in [0, 0.1) is 11.8 Å². The summed E-state index contributed by atoms with van der Waals surface area (Å²) in [7, 11) is 4.28. The Bertz CT molecular complexity index is 1300. The molecule has 6 nitrogen and oxygen atoms in total. The number of pyridine rings is 1. The van der Waals surface area contributed by atoms with E-state index in [4.69, 9.17) is 11.6 Å². The van der Waals surface area contributed by atoms with Crippen LogP contribution in [0.15, 0.2) is 36.5 Å². The first kappa shape index (κ1) is 25.0. The number of rotatable bonds is 7. The van der Waals surface area contributed by atoms with Crippen molar-refractivity contribution in [2.75, 3.05) is 32.1 Å². The Kier molecular flexibility index (Phi) is 6.95. The summed E-state index contributed by atoms with van der Waals surface area (Å²) in [5, 5.41) is 21.0. The molecule has 7 heteroatoms. The Hall–Kier alpha value is -2.67. The van der Waals surface area contributed by atoms with Crippen molar-refractivity contribution < 1.29 is 15.0 Å². The zero-order chi connectivity index (χ0) is 25.6. The maximum Gasteiger partial charge on any atom is 0.169 e. The molecule has 190 valence electrons. The molecule has 5 rings (SSSR count). The third-order valence-electron chi connectivity index (χ3n) is 8.05. The van der Waals surface area contributed by atoms with Gasteiger partial charge < -0.3 is 20.0 Å². The number of halogens is 1. The van der Waals surface area contributed by atoms with Gasteiger partial charge in [-0.05, 0) is 88.0 Å². The zero-order valence-electron chi connectivity index (χ0n) is 21.2. The van der Waals surface area contributed by atoms with Gasteiger partial charge in [-0.25, -0.2) is 0 Å². The number of fused-ring (bicyclic) bond motifs is 1. The SMILES string of the molecule is CC(C1CCN(c2c(C(=O)C3CC3)cnc3ccc(-c4cc(Cl)c(O)c(CO)c4)cc23)CC1)N(C)C. The summed E-state index contributed by atoms with van der Waals surface area (Å²) in [6.45, 7) is 3.79. The highest BCUT2D eigenvalue weighted by molar-refractivity contribution is 6.32. The highest BCUT2D eigenvalue weighted by Gasteiger charge is 2.35. The topological polar surface area (TPSA) is 76.9 Å². The number of aliphatic hydroxyl groups excluding tert-OH is 1. The number of nitrogens with zero attached hydrogens (tertiary/aromatic N) is 3. The normalized spacial score (nSPS) is 17.7. The van der Waals surface area contributed by atoms with E-state index in [1.54, 1.807) is 18.3 Å². The van der Waals surface area contributed by atoms with Gasteiger partial charge in [0.1, 0.15) is 5.75 Å². The van der Waals surface area contributed by atoms with Crippen LogP contribution in [-0.4, -0.2) is 59.1 Å². The Balaban J connectivity index is 1.59. The molecular formula is C29H34ClN3O3. The Morgan fingerprint density at radius 1 is 1.14 bits per heavy atom. The van der Waals surface area contributed by atoms with Gasteiger partial charge in [0, 0.05) is 42.2 Å². The van der Waals surface area contributed by atoms with Gasteiger partial charge >= 0.3 is 0 Å². The van der Waals surface area contributed by atoms with Crippen molar-refractivity contribution in [1.82, 2.24) is 9.88 Å². The van der Waals surface area contributed by atoms with Gasteiger partial charge in [-0.2, -0.15) is 0 Å². The maximum absolute atomic E-state index is 13.4. The predicted molar refractivity (Wildman–Crippen MR) is 145 cm³/mol. The molecule has 1 aliphatic carbocycles. The lowest BCUT2D eigenvalue weighted by Gasteiger charge is -2.39. The third-order valence-corrected chi connectivity index (χ3v) is 8.34. The van der Waals surface area contributed by atoms with E-state index in [9.17, 15) is 15.0 Å². The van der Waals surface area contributed by atoms with Crippen molar-refractivity contribution in [2.45, 2.75) is 45.3 Å². The minimum atomic E-state index is -0.305. The number of carbonyl (C=O) groups excluding carboxylic acids is 1. The molecule has 0 spiro atoms. The fraction of sp³-hybridized carbons (Fsp3) is 0.448. The Morgan fingerprint density at radius 3 is 2.50 bits per heavy atom. The number of anilines is 1. The number of benzene rings is 2. The molecule has 2 fully saturated rings. The number of aromatic hydroxyl groups is 1. The van der Waals surface area contributed by atoms with E-state index in [0.717, 1.165) is 72.1 Å². The Labute approximate surface area is 217 Å². The van der Waals surface area contributed by atoms with Crippen LogP contribution in [0.3, 0.4) is 0 Å². The summed E-state index contributed by atoms with van der Waals surface area (Å²) >= 11 is 6.26. The largest absolute Gasteiger partial charge is 0.506 e. The molecule has 1 aliphatic heterocycles. The summed E-state index contributed by atoms with van der Waals surface area (Å²) < 4.78 is 0. The number of Topliss-reactive ketones (excluding diaryl/α,β-unsaturated/α-hetero) is 1. The van der Waals surface area contributed by atoms with Crippen LogP contribution < -0.4 is 4.90 Å². The number of aliphatic hydroxyl groups is 1. The number of phenols is 1. The van der Waals surface area contributed by atoms with E-state index in [2.05, 4.69) is 41.9 Å². The summed E-state index contributed by atoms with van der Waals surface area (Å²) in [6.07, 6.45) is 5.83. The van der Waals surface area contributed by atoms with Gasteiger partial charge in [0.05, 0.1) is 28.4 Å². The molecule has 1 atom stereocenters. The lowest BCUT2D eigenvalue weighted by molar-refractivity contribution is 0.0967. The van der Waals surface area contributed by atoms with Crippen molar-refractivity contribution in [1.29, 1.82) is 0 Å². The number of hydrogen-bond acceptors (Lipinski definition) is 6. The quantitative estimate of drug-likeness (QED) is 0.410. The minimum Gasteiger partial charge on any atom is -0.506 e. The van der Waals surface area contributed by atoms with Crippen molar-refractivity contribution in [2.24, 2.45) is 11.8 Å².